The number of nitrogens with two attached hydrogens (primary N) is 1. The average Bonchev–Trinajstić information content (AvgIpc) is 3.08. The molecule has 2 heterocycles. The van der Waals surface area contributed by atoms with E-state index in [-0.39, 0.29) is 18.4 Å². The number of rotatable bonds is 7. The normalized spacial score (nSPS) is 18.0. The van der Waals surface area contributed by atoms with Crippen LogP contribution < -0.4 is 11.1 Å². The fraction of sp³-hybridized carbons (Fsp3) is 0.571. The lowest BCUT2D eigenvalue weighted by molar-refractivity contribution is -0.120. The molecule has 1 aliphatic rings. The van der Waals surface area contributed by atoms with Crippen molar-refractivity contribution in [1.82, 2.24) is 10.2 Å². The number of nitrogens with zero attached hydrogens (tertiary/aromatic N) is 1. The van der Waals surface area contributed by atoms with Crippen molar-refractivity contribution in [2.75, 3.05) is 19.7 Å². The van der Waals surface area contributed by atoms with E-state index in [1.54, 1.807) is 11.3 Å². The molecule has 0 aliphatic carbocycles. The van der Waals surface area contributed by atoms with E-state index < -0.39 is 6.03 Å². The molecule has 3 amide bonds. The Bertz CT molecular complexity index is 458. The second-order valence-electron chi connectivity index (χ2n) is 5.11. The van der Waals surface area contributed by atoms with Gasteiger partial charge in [0.15, 0.2) is 0 Å². The molecule has 6 nitrogen and oxygen atoms in total. The van der Waals surface area contributed by atoms with Gasteiger partial charge in [-0.3, -0.25) is 15.0 Å². The number of amides is 3. The van der Waals surface area contributed by atoms with Crippen molar-refractivity contribution in [2.45, 2.75) is 31.9 Å². The van der Waals surface area contributed by atoms with E-state index in [1.807, 2.05) is 11.4 Å². The number of hydrogen-bond acceptors (Lipinski definition) is 5. The minimum atomic E-state index is -0.802. The second kappa shape index (κ2) is 8.11. The summed E-state index contributed by atoms with van der Waals surface area (Å²) in [4.78, 5) is 25.6. The molecule has 1 unspecified atom stereocenters. The van der Waals surface area contributed by atoms with Gasteiger partial charge in [-0.2, -0.15) is 0 Å². The summed E-state index contributed by atoms with van der Waals surface area (Å²) in [7, 11) is 0. The van der Waals surface area contributed by atoms with E-state index >= 15 is 0 Å². The molecule has 0 spiro atoms. The lowest BCUT2D eigenvalue weighted by atomic mass is 10.2. The third-order valence-electron chi connectivity index (χ3n) is 3.36. The molecule has 0 saturated carbocycles. The Labute approximate surface area is 128 Å². The highest BCUT2D eigenvalue weighted by molar-refractivity contribution is 7.09. The van der Waals surface area contributed by atoms with Crippen LogP contribution in [0, 0.1) is 0 Å². The molecular formula is C14H21N3O3S. The van der Waals surface area contributed by atoms with Gasteiger partial charge in [-0.15, -0.1) is 11.3 Å². The number of carbonyl (C=O) groups is 2. The molecule has 3 N–H and O–H groups in total. The van der Waals surface area contributed by atoms with Crippen LogP contribution in [0.2, 0.25) is 0 Å². The van der Waals surface area contributed by atoms with Crippen LogP contribution >= 0.6 is 11.3 Å². The highest BCUT2D eigenvalue weighted by Gasteiger charge is 2.20. The Kier molecular flexibility index (Phi) is 6.16. The molecule has 2 rings (SSSR count). The highest BCUT2D eigenvalue weighted by atomic mass is 32.1. The van der Waals surface area contributed by atoms with Crippen LogP contribution in [-0.2, 0) is 16.1 Å². The Morgan fingerprint density at radius 3 is 3.00 bits per heavy atom. The number of urea groups is 1. The van der Waals surface area contributed by atoms with Crippen LogP contribution in [0.3, 0.4) is 0 Å². The molecule has 0 radical (unpaired) electrons. The maximum atomic E-state index is 11.5. The molecule has 1 fully saturated rings. The van der Waals surface area contributed by atoms with Gasteiger partial charge in [-0.1, -0.05) is 6.07 Å². The summed E-state index contributed by atoms with van der Waals surface area (Å²) in [6, 6.07) is 3.30. The van der Waals surface area contributed by atoms with Crippen molar-refractivity contribution in [3.05, 3.63) is 22.4 Å². The fourth-order valence-corrected chi connectivity index (χ4v) is 3.14. The number of primary amides is 1. The Morgan fingerprint density at radius 2 is 2.38 bits per heavy atom. The lowest BCUT2D eigenvalue weighted by Crippen LogP contribution is -2.38. The zero-order valence-corrected chi connectivity index (χ0v) is 12.7. The number of ether oxygens (including phenoxy) is 1. The first kappa shape index (κ1) is 15.9. The minimum absolute atomic E-state index is 0.240. The summed E-state index contributed by atoms with van der Waals surface area (Å²) in [6.07, 6.45) is 2.65. The van der Waals surface area contributed by atoms with Gasteiger partial charge in [0.25, 0.3) is 0 Å². The summed E-state index contributed by atoms with van der Waals surface area (Å²) in [5, 5.41) is 4.14. The van der Waals surface area contributed by atoms with Gasteiger partial charge in [-0.05, 0) is 24.3 Å². The molecule has 7 heteroatoms. The van der Waals surface area contributed by atoms with Crippen molar-refractivity contribution in [3.8, 4) is 0 Å². The number of thiophene rings is 1. The van der Waals surface area contributed by atoms with Crippen LogP contribution in [0.5, 0.6) is 0 Å². The van der Waals surface area contributed by atoms with Gasteiger partial charge in [0, 0.05) is 37.5 Å². The number of imide groups is 1. The van der Waals surface area contributed by atoms with Gasteiger partial charge >= 0.3 is 6.03 Å². The Balaban J connectivity index is 1.84. The minimum Gasteiger partial charge on any atom is -0.377 e. The van der Waals surface area contributed by atoms with Crippen LogP contribution in [0.1, 0.15) is 24.1 Å². The fourth-order valence-electron chi connectivity index (χ4n) is 2.39. The van der Waals surface area contributed by atoms with E-state index in [9.17, 15) is 9.59 Å². The summed E-state index contributed by atoms with van der Waals surface area (Å²) in [5.41, 5.74) is 4.94. The first-order chi connectivity index (χ1) is 10.1. The topological polar surface area (TPSA) is 84.7 Å². The zero-order chi connectivity index (χ0) is 15.1. The van der Waals surface area contributed by atoms with Crippen molar-refractivity contribution in [1.29, 1.82) is 0 Å². The molecular weight excluding hydrogens is 290 g/mol. The van der Waals surface area contributed by atoms with E-state index in [0.29, 0.717) is 6.54 Å². The van der Waals surface area contributed by atoms with Crippen LogP contribution in [0.15, 0.2) is 17.5 Å². The summed E-state index contributed by atoms with van der Waals surface area (Å²) < 4.78 is 5.66. The SMILES string of the molecule is NC(=O)NC(=O)CCN(Cc1cccs1)CC1CCCO1. The van der Waals surface area contributed by atoms with Crippen molar-refractivity contribution >= 4 is 23.3 Å². The standard InChI is InChI=1S/C14H21N3O3S/c15-14(19)16-13(18)5-6-17(9-11-3-1-7-20-11)10-12-4-2-8-21-12/h2,4,8,11H,1,3,5-7,9-10H2,(H3,15,16,18,19). The third-order valence-corrected chi connectivity index (χ3v) is 4.22. The van der Waals surface area contributed by atoms with Gasteiger partial charge in [0.1, 0.15) is 0 Å². The van der Waals surface area contributed by atoms with Crippen LogP contribution in [0.25, 0.3) is 0 Å². The smallest absolute Gasteiger partial charge is 0.318 e. The average molecular weight is 311 g/mol. The monoisotopic (exact) mass is 311 g/mol. The Hall–Kier alpha value is -1.44. The third kappa shape index (κ3) is 5.82. The first-order valence-electron chi connectivity index (χ1n) is 7.09. The summed E-state index contributed by atoms with van der Waals surface area (Å²) in [6.45, 7) is 3.00. The van der Waals surface area contributed by atoms with Gasteiger partial charge in [0.2, 0.25) is 5.91 Å². The lowest BCUT2D eigenvalue weighted by Gasteiger charge is -2.24. The van der Waals surface area contributed by atoms with Crippen molar-refractivity contribution in [3.63, 3.8) is 0 Å². The van der Waals surface area contributed by atoms with E-state index in [4.69, 9.17) is 10.5 Å². The summed E-state index contributed by atoms with van der Waals surface area (Å²) >= 11 is 1.70. The Morgan fingerprint density at radius 1 is 1.52 bits per heavy atom. The molecule has 21 heavy (non-hydrogen) atoms. The molecule has 0 aromatic carbocycles. The quantitative estimate of drug-likeness (QED) is 0.795. The number of nitrogens with one attached hydrogen (secondary N) is 1. The molecule has 116 valence electrons. The molecule has 1 aromatic rings. The molecule has 1 atom stereocenters. The predicted molar refractivity (Wildman–Crippen MR) is 80.9 cm³/mol. The van der Waals surface area contributed by atoms with Crippen molar-refractivity contribution < 1.29 is 14.3 Å². The van der Waals surface area contributed by atoms with Gasteiger partial charge < -0.3 is 10.5 Å². The molecule has 1 aromatic heterocycles. The van der Waals surface area contributed by atoms with Crippen molar-refractivity contribution in [2.24, 2.45) is 5.73 Å². The zero-order valence-electron chi connectivity index (χ0n) is 11.9. The van der Waals surface area contributed by atoms with E-state index in [0.717, 1.165) is 32.5 Å². The van der Waals surface area contributed by atoms with E-state index in [2.05, 4.69) is 16.3 Å². The maximum Gasteiger partial charge on any atom is 0.318 e. The van der Waals surface area contributed by atoms with Crippen LogP contribution in [0.4, 0.5) is 4.79 Å². The number of hydrogen-bond donors (Lipinski definition) is 2. The second-order valence-corrected chi connectivity index (χ2v) is 6.14. The summed E-state index contributed by atoms with van der Waals surface area (Å²) in [5.74, 6) is -0.342. The molecule has 1 saturated heterocycles. The van der Waals surface area contributed by atoms with E-state index in [1.165, 1.54) is 4.88 Å². The highest BCUT2D eigenvalue weighted by Crippen LogP contribution is 2.17. The predicted octanol–water partition coefficient (Wildman–Crippen LogP) is 1.31. The van der Waals surface area contributed by atoms with Crippen LogP contribution in [-0.4, -0.2) is 42.6 Å². The first-order valence-corrected chi connectivity index (χ1v) is 7.97. The van der Waals surface area contributed by atoms with Gasteiger partial charge in [-0.25, -0.2) is 4.79 Å². The molecule has 1 aliphatic heterocycles. The van der Waals surface area contributed by atoms with Gasteiger partial charge in [0.05, 0.1) is 6.10 Å². The molecule has 0 bridgehead atoms. The maximum absolute atomic E-state index is 11.5. The number of carbonyl (C=O) groups excluding carboxylic acids is 2. The largest absolute Gasteiger partial charge is 0.377 e.